The molecule has 2 fully saturated rings. The summed E-state index contributed by atoms with van der Waals surface area (Å²) in [5.74, 6) is -3.33. The Hall–Kier alpha value is -1.22. The maximum atomic E-state index is 8.97. The van der Waals surface area contributed by atoms with Gasteiger partial charge in [-0.05, 0) is 12.1 Å². The number of para-hydroxylation sites is 1. The third kappa shape index (κ3) is 5.41. The van der Waals surface area contributed by atoms with Crippen molar-refractivity contribution in [3.05, 3.63) is 29.8 Å². The van der Waals surface area contributed by atoms with Crippen LogP contribution in [-0.2, 0) is 20.2 Å². The first-order valence-corrected chi connectivity index (χ1v) is 6.23. The number of phenolic OH excluding ortho intramolecular Hbond substituents is 1. The van der Waals surface area contributed by atoms with Crippen LogP contribution >= 0.6 is 0 Å². The predicted octanol–water partition coefficient (Wildman–Crippen LogP) is -0.720. The molecule has 112 valence electrons. The first kappa shape index (κ1) is 15.2. The second-order valence-electron chi connectivity index (χ2n) is 4.60. The van der Waals surface area contributed by atoms with E-state index in [1.165, 1.54) is 24.3 Å². The lowest BCUT2D eigenvalue weighted by atomic mass is 10.2. The summed E-state index contributed by atoms with van der Waals surface area (Å²) >= 11 is 0. The molecule has 2 unspecified atom stereocenters. The highest BCUT2D eigenvalue weighted by Gasteiger charge is 2.26. The summed E-state index contributed by atoms with van der Waals surface area (Å²) in [5.41, 5.74) is -0.333. The highest BCUT2D eigenvalue weighted by molar-refractivity contribution is 5.33. The van der Waals surface area contributed by atoms with Gasteiger partial charge in [-0.2, -0.15) is 0 Å². The molecule has 2 aliphatic heterocycles. The Morgan fingerprint density at radius 1 is 1.05 bits per heavy atom. The molecule has 0 aromatic heterocycles. The Labute approximate surface area is 115 Å². The lowest BCUT2D eigenvalue weighted by Crippen LogP contribution is -2.23. The summed E-state index contributed by atoms with van der Waals surface area (Å²) < 4.78 is 15.1. The fourth-order valence-corrected chi connectivity index (χ4v) is 1.42. The second kappa shape index (κ2) is 6.49. The van der Waals surface area contributed by atoms with E-state index in [1.54, 1.807) is 0 Å². The Bertz CT molecular complexity index is 409. The molecule has 2 atom stereocenters. The highest BCUT2D eigenvalue weighted by atomic mass is 16.7. The number of rotatable bonds is 5. The van der Waals surface area contributed by atoms with Crippen LogP contribution in [-0.4, -0.2) is 59.1 Å². The molecule has 0 spiro atoms. The fraction of sp³-hybridized carbons (Fsp3) is 0.538. The van der Waals surface area contributed by atoms with Gasteiger partial charge in [0.25, 0.3) is 0 Å². The molecule has 2 heterocycles. The SMILES string of the molecule is C(OCC1CO1)C1CO1.Oc1ccccc1C(O)(O)O. The van der Waals surface area contributed by atoms with E-state index < -0.39 is 5.97 Å². The number of epoxide rings is 2. The minimum atomic E-state index is -2.97. The van der Waals surface area contributed by atoms with Crippen LogP contribution in [0.3, 0.4) is 0 Å². The van der Waals surface area contributed by atoms with E-state index in [9.17, 15) is 0 Å². The summed E-state index contributed by atoms with van der Waals surface area (Å²) in [7, 11) is 0. The predicted molar refractivity (Wildman–Crippen MR) is 66.7 cm³/mol. The number of ether oxygens (including phenoxy) is 3. The Morgan fingerprint density at radius 2 is 1.55 bits per heavy atom. The van der Waals surface area contributed by atoms with E-state index in [0.29, 0.717) is 12.2 Å². The van der Waals surface area contributed by atoms with E-state index in [4.69, 9.17) is 34.6 Å². The van der Waals surface area contributed by atoms with Gasteiger partial charge in [0.1, 0.15) is 18.0 Å². The molecule has 2 saturated heterocycles. The molecule has 0 saturated carbocycles. The average molecular weight is 286 g/mol. The molecule has 20 heavy (non-hydrogen) atoms. The molecule has 0 bridgehead atoms. The van der Waals surface area contributed by atoms with Crippen molar-refractivity contribution < 1.29 is 34.6 Å². The summed E-state index contributed by atoms with van der Waals surface area (Å²) in [5, 5.41) is 34.8. The van der Waals surface area contributed by atoms with Gasteiger partial charge in [0.15, 0.2) is 0 Å². The molecular weight excluding hydrogens is 268 g/mol. The topological polar surface area (TPSA) is 115 Å². The van der Waals surface area contributed by atoms with Gasteiger partial charge in [0.05, 0.1) is 32.0 Å². The number of hydrogen-bond acceptors (Lipinski definition) is 7. The van der Waals surface area contributed by atoms with Crippen molar-refractivity contribution in [1.82, 2.24) is 0 Å². The lowest BCUT2D eigenvalue weighted by Gasteiger charge is -2.14. The summed E-state index contributed by atoms with van der Waals surface area (Å²) in [6.45, 7) is 3.26. The molecule has 0 amide bonds. The van der Waals surface area contributed by atoms with Gasteiger partial charge in [-0.1, -0.05) is 12.1 Å². The van der Waals surface area contributed by atoms with E-state index in [1.807, 2.05) is 0 Å². The molecular formula is C13H18O7. The van der Waals surface area contributed by atoms with Crippen LogP contribution in [0.4, 0.5) is 0 Å². The minimum Gasteiger partial charge on any atom is -0.507 e. The fourth-order valence-electron chi connectivity index (χ4n) is 1.42. The molecule has 1 aromatic carbocycles. The number of benzene rings is 1. The van der Waals surface area contributed by atoms with Crippen LogP contribution in [0.25, 0.3) is 0 Å². The summed E-state index contributed by atoms with van der Waals surface area (Å²) in [6.07, 6.45) is 0.785. The second-order valence-corrected chi connectivity index (χ2v) is 4.60. The summed E-state index contributed by atoms with van der Waals surface area (Å²) in [4.78, 5) is 0. The first-order chi connectivity index (χ1) is 9.47. The smallest absolute Gasteiger partial charge is 0.308 e. The van der Waals surface area contributed by atoms with Gasteiger partial charge < -0.3 is 34.6 Å². The van der Waals surface area contributed by atoms with Gasteiger partial charge >= 0.3 is 5.97 Å². The highest BCUT2D eigenvalue weighted by Crippen LogP contribution is 2.24. The van der Waals surface area contributed by atoms with Crippen LogP contribution in [0.2, 0.25) is 0 Å². The molecule has 7 nitrogen and oxygen atoms in total. The van der Waals surface area contributed by atoms with Crippen molar-refractivity contribution in [1.29, 1.82) is 0 Å². The standard InChI is InChI=1S/C7H8O4.C6H10O3/c8-6-4-2-1-3-5(6)7(9,10)11;1(5-3-8-5)7-2-6-4-9-6/h1-4,8-11H;5-6H,1-4H2. The molecule has 1 aromatic rings. The number of hydrogen-bond donors (Lipinski definition) is 4. The van der Waals surface area contributed by atoms with Crippen molar-refractivity contribution in [2.45, 2.75) is 18.2 Å². The minimum absolute atomic E-state index is 0.333. The normalized spacial score (nSPS) is 23.8. The Balaban J connectivity index is 0.000000149. The van der Waals surface area contributed by atoms with E-state index in [2.05, 4.69) is 0 Å². The average Bonchev–Trinajstić information content (AvgIpc) is 3.24. The maximum absolute atomic E-state index is 8.97. The first-order valence-electron chi connectivity index (χ1n) is 6.23. The van der Waals surface area contributed by atoms with E-state index >= 15 is 0 Å². The zero-order valence-electron chi connectivity index (χ0n) is 10.8. The van der Waals surface area contributed by atoms with Crippen molar-refractivity contribution in [2.24, 2.45) is 0 Å². The largest absolute Gasteiger partial charge is 0.507 e. The Morgan fingerprint density at radius 3 is 1.90 bits per heavy atom. The van der Waals surface area contributed by atoms with Crippen LogP contribution in [0.5, 0.6) is 5.75 Å². The third-order valence-corrected chi connectivity index (χ3v) is 2.68. The third-order valence-electron chi connectivity index (χ3n) is 2.68. The molecule has 0 aliphatic carbocycles. The molecule has 4 N–H and O–H groups in total. The molecule has 0 radical (unpaired) electrons. The van der Waals surface area contributed by atoms with Crippen molar-refractivity contribution in [3.8, 4) is 5.75 Å². The van der Waals surface area contributed by atoms with Crippen molar-refractivity contribution in [3.63, 3.8) is 0 Å². The zero-order chi connectivity index (χ0) is 14.6. The summed E-state index contributed by atoms with van der Waals surface area (Å²) in [6, 6.07) is 5.42. The maximum Gasteiger partial charge on any atom is 0.308 e. The van der Waals surface area contributed by atoms with Crippen molar-refractivity contribution in [2.75, 3.05) is 26.4 Å². The van der Waals surface area contributed by atoms with Crippen LogP contribution in [0, 0.1) is 0 Å². The quantitative estimate of drug-likeness (QED) is 0.417. The van der Waals surface area contributed by atoms with Gasteiger partial charge in [-0.15, -0.1) is 0 Å². The van der Waals surface area contributed by atoms with Crippen molar-refractivity contribution >= 4 is 0 Å². The Kier molecular flexibility index (Phi) is 4.92. The van der Waals surface area contributed by atoms with Crippen LogP contribution in [0.1, 0.15) is 5.56 Å². The van der Waals surface area contributed by atoms with Crippen LogP contribution < -0.4 is 0 Å². The van der Waals surface area contributed by atoms with Gasteiger partial charge in [-0.25, -0.2) is 0 Å². The monoisotopic (exact) mass is 286 g/mol. The van der Waals surface area contributed by atoms with E-state index in [0.717, 1.165) is 26.4 Å². The van der Waals surface area contributed by atoms with E-state index in [-0.39, 0.29) is 11.3 Å². The van der Waals surface area contributed by atoms with Gasteiger partial charge in [-0.3, -0.25) is 0 Å². The zero-order valence-corrected chi connectivity index (χ0v) is 10.8. The van der Waals surface area contributed by atoms with Gasteiger partial charge in [0.2, 0.25) is 0 Å². The number of phenols is 1. The molecule has 7 heteroatoms. The molecule has 3 rings (SSSR count). The van der Waals surface area contributed by atoms with Gasteiger partial charge in [0, 0.05) is 0 Å². The number of aliphatic hydroxyl groups is 3. The lowest BCUT2D eigenvalue weighted by molar-refractivity contribution is -0.324. The number of aromatic hydroxyl groups is 1. The molecule has 2 aliphatic rings. The van der Waals surface area contributed by atoms with Crippen LogP contribution in [0.15, 0.2) is 24.3 Å².